The second kappa shape index (κ2) is 6.93. The quantitative estimate of drug-likeness (QED) is 0.877. The Morgan fingerprint density at radius 1 is 1.10 bits per heavy atom. The van der Waals surface area contributed by atoms with Gasteiger partial charge in [-0.05, 0) is 31.0 Å². The minimum atomic E-state index is -0.766. The highest BCUT2D eigenvalue weighted by atomic mass is 16.4. The van der Waals surface area contributed by atoms with Crippen LogP contribution >= 0.6 is 0 Å². The van der Waals surface area contributed by atoms with Crippen molar-refractivity contribution in [3.63, 3.8) is 0 Å². The summed E-state index contributed by atoms with van der Waals surface area (Å²) in [4.78, 5) is 13.0. The highest BCUT2D eigenvalue weighted by Crippen LogP contribution is 2.23. The standard InChI is InChI=1S/C18H21NO2/c1-14-8-9-17(15(2)12-14)19(11-10-18(20)21)13-16-6-4-3-5-7-16/h3-9,12H,10-11,13H2,1-2H3,(H,20,21). The van der Waals surface area contributed by atoms with Crippen LogP contribution in [-0.4, -0.2) is 17.6 Å². The molecule has 0 unspecified atom stereocenters. The number of carbonyl (C=O) groups is 1. The van der Waals surface area contributed by atoms with Gasteiger partial charge in [0, 0.05) is 18.8 Å². The Bertz CT molecular complexity index is 608. The lowest BCUT2D eigenvalue weighted by atomic mass is 10.1. The largest absolute Gasteiger partial charge is 0.481 e. The van der Waals surface area contributed by atoms with Gasteiger partial charge < -0.3 is 10.0 Å². The molecule has 3 heteroatoms. The summed E-state index contributed by atoms with van der Waals surface area (Å²) in [5.74, 6) is -0.766. The van der Waals surface area contributed by atoms with Crippen molar-refractivity contribution in [3.8, 4) is 0 Å². The van der Waals surface area contributed by atoms with Gasteiger partial charge in [-0.3, -0.25) is 4.79 Å². The third-order valence-electron chi connectivity index (χ3n) is 3.50. The molecule has 0 radical (unpaired) electrons. The first kappa shape index (κ1) is 15.1. The summed E-state index contributed by atoms with van der Waals surface area (Å²) in [5.41, 5.74) is 4.68. The lowest BCUT2D eigenvalue weighted by Crippen LogP contribution is -2.26. The van der Waals surface area contributed by atoms with Gasteiger partial charge >= 0.3 is 5.97 Å². The van der Waals surface area contributed by atoms with Gasteiger partial charge in [0.05, 0.1) is 6.42 Å². The van der Waals surface area contributed by atoms with Crippen LogP contribution in [0.1, 0.15) is 23.1 Å². The zero-order chi connectivity index (χ0) is 15.2. The predicted octanol–water partition coefficient (Wildman–Crippen LogP) is 3.78. The molecule has 110 valence electrons. The minimum Gasteiger partial charge on any atom is -0.481 e. The average molecular weight is 283 g/mol. The maximum absolute atomic E-state index is 10.9. The van der Waals surface area contributed by atoms with E-state index in [1.807, 2.05) is 18.2 Å². The Morgan fingerprint density at radius 3 is 2.43 bits per heavy atom. The van der Waals surface area contributed by atoms with Crippen LogP contribution in [0.5, 0.6) is 0 Å². The molecule has 0 aromatic heterocycles. The summed E-state index contributed by atoms with van der Waals surface area (Å²) in [6.45, 7) is 5.36. The number of aliphatic carboxylic acids is 1. The fourth-order valence-electron chi connectivity index (χ4n) is 2.48. The third-order valence-corrected chi connectivity index (χ3v) is 3.50. The highest BCUT2D eigenvalue weighted by Gasteiger charge is 2.11. The molecule has 0 fully saturated rings. The van der Waals surface area contributed by atoms with E-state index < -0.39 is 5.97 Å². The molecule has 0 aliphatic carbocycles. The number of rotatable bonds is 6. The van der Waals surface area contributed by atoms with E-state index >= 15 is 0 Å². The highest BCUT2D eigenvalue weighted by molar-refractivity contribution is 5.68. The summed E-state index contributed by atoms with van der Waals surface area (Å²) in [6.07, 6.45) is 0.139. The number of carboxylic acid groups (broad SMARTS) is 1. The van der Waals surface area contributed by atoms with E-state index in [-0.39, 0.29) is 6.42 Å². The van der Waals surface area contributed by atoms with E-state index in [2.05, 4.69) is 49.1 Å². The van der Waals surface area contributed by atoms with Crippen LogP contribution in [0.2, 0.25) is 0 Å². The number of aryl methyl sites for hydroxylation is 2. The smallest absolute Gasteiger partial charge is 0.305 e. The molecule has 2 aromatic rings. The van der Waals surface area contributed by atoms with Gasteiger partial charge in [-0.1, -0.05) is 48.0 Å². The van der Waals surface area contributed by atoms with E-state index in [1.165, 1.54) is 16.7 Å². The van der Waals surface area contributed by atoms with E-state index in [9.17, 15) is 4.79 Å². The number of anilines is 1. The van der Waals surface area contributed by atoms with E-state index in [0.29, 0.717) is 6.54 Å². The first-order chi connectivity index (χ1) is 10.1. The van der Waals surface area contributed by atoms with Gasteiger partial charge in [0.25, 0.3) is 0 Å². The monoisotopic (exact) mass is 283 g/mol. The SMILES string of the molecule is Cc1ccc(N(CCC(=O)O)Cc2ccccc2)c(C)c1. The van der Waals surface area contributed by atoms with Crippen LogP contribution in [0.25, 0.3) is 0 Å². The van der Waals surface area contributed by atoms with E-state index in [1.54, 1.807) is 0 Å². The fraction of sp³-hybridized carbons (Fsp3) is 0.278. The Kier molecular flexibility index (Phi) is 4.99. The van der Waals surface area contributed by atoms with E-state index in [0.717, 1.165) is 12.2 Å². The minimum absolute atomic E-state index is 0.139. The molecule has 21 heavy (non-hydrogen) atoms. The number of hydrogen-bond acceptors (Lipinski definition) is 2. The van der Waals surface area contributed by atoms with Gasteiger partial charge in [0.2, 0.25) is 0 Å². The molecule has 0 heterocycles. The molecule has 0 spiro atoms. The Hall–Kier alpha value is -2.29. The summed E-state index contributed by atoms with van der Waals surface area (Å²) < 4.78 is 0. The summed E-state index contributed by atoms with van der Waals surface area (Å²) >= 11 is 0. The van der Waals surface area contributed by atoms with Crippen molar-refractivity contribution in [1.82, 2.24) is 0 Å². The fourth-order valence-corrected chi connectivity index (χ4v) is 2.48. The van der Waals surface area contributed by atoms with Gasteiger partial charge in [-0.15, -0.1) is 0 Å². The first-order valence-corrected chi connectivity index (χ1v) is 7.14. The number of benzene rings is 2. The number of nitrogens with zero attached hydrogens (tertiary/aromatic N) is 1. The lowest BCUT2D eigenvalue weighted by molar-refractivity contribution is -0.136. The van der Waals surface area contributed by atoms with E-state index in [4.69, 9.17) is 5.11 Å². The van der Waals surface area contributed by atoms with Gasteiger partial charge in [-0.2, -0.15) is 0 Å². The van der Waals surface area contributed by atoms with Crippen LogP contribution in [0.3, 0.4) is 0 Å². The molecule has 1 N–H and O–H groups in total. The second-order valence-corrected chi connectivity index (χ2v) is 5.34. The van der Waals surface area contributed by atoms with Crippen LogP contribution in [0.4, 0.5) is 5.69 Å². The molecule has 3 nitrogen and oxygen atoms in total. The molecule has 0 amide bonds. The van der Waals surface area contributed by atoms with Crippen LogP contribution in [-0.2, 0) is 11.3 Å². The molecule has 0 saturated carbocycles. The molecular weight excluding hydrogens is 262 g/mol. The van der Waals surface area contributed by atoms with Crippen molar-refractivity contribution < 1.29 is 9.90 Å². The van der Waals surface area contributed by atoms with Crippen molar-refractivity contribution in [1.29, 1.82) is 0 Å². The average Bonchev–Trinajstić information content (AvgIpc) is 2.45. The molecule has 0 aliphatic heterocycles. The lowest BCUT2D eigenvalue weighted by Gasteiger charge is -2.26. The van der Waals surface area contributed by atoms with Gasteiger partial charge in [0.15, 0.2) is 0 Å². The molecule has 0 saturated heterocycles. The van der Waals surface area contributed by atoms with Crippen molar-refractivity contribution in [2.45, 2.75) is 26.8 Å². The van der Waals surface area contributed by atoms with Crippen molar-refractivity contribution in [2.24, 2.45) is 0 Å². The molecule has 0 bridgehead atoms. The zero-order valence-electron chi connectivity index (χ0n) is 12.5. The van der Waals surface area contributed by atoms with Gasteiger partial charge in [0.1, 0.15) is 0 Å². The van der Waals surface area contributed by atoms with Crippen LogP contribution in [0, 0.1) is 13.8 Å². The first-order valence-electron chi connectivity index (χ1n) is 7.14. The van der Waals surface area contributed by atoms with Crippen molar-refractivity contribution in [3.05, 3.63) is 65.2 Å². The number of hydrogen-bond donors (Lipinski definition) is 1. The van der Waals surface area contributed by atoms with Crippen LogP contribution in [0.15, 0.2) is 48.5 Å². The molecule has 2 rings (SSSR count). The van der Waals surface area contributed by atoms with Crippen molar-refractivity contribution >= 4 is 11.7 Å². The molecule has 0 aliphatic rings. The molecule has 0 atom stereocenters. The van der Waals surface area contributed by atoms with Gasteiger partial charge in [-0.25, -0.2) is 0 Å². The summed E-state index contributed by atoms with van der Waals surface area (Å²) in [7, 11) is 0. The third kappa shape index (κ3) is 4.35. The maximum atomic E-state index is 10.9. The Balaban J connectivity index is 2.24. The maximum Gasteiger partial charge on any atom is 0.305 e. The topological polar surface area (TPSA) is 40.5 Å². The Labute approximate surface area is 125 Å². The molecular formula is C18H21NO2. The zero-order valence-corrected chi connectivity index (χ0v) is 12.5. The second-order valence-electron chi connectivity index (χ2n) is 5.34. The molecule has 2 aromatic carbocycles. The summed E-state index contributed by atoms with van der Waals surface area (Å²) in [6, 6.07) is 16.4. The predicted molar refractivity (Wildman–Crippen MR) is 85.7 cm³/mol. The number of carboxylic acids is 1. The summed E-state index contributed by atoms with van der Waals surface area (Å²) in [5, 5.41) is 8.96. The Morgan fingerprint density at radius 2 is 1.81 bits per heavy atom. The normalized spacial score (nSPS) is 10.4. The van der Waals surface area contributed by atoms with Crippen molar-refractivity contribution in [2.75, 3.05) is 11.4 Å². The van der Waals surface area contributed by atoms with Crippen LogP contribution < -0.4 is 4.90 Å².